The molecule has 0 aliphatic carbocycles. The van der Waals surface area contributed by atoms with Gasteiger partial charge in [-0.15, -0.1) is 0 Å². The van der Waals surface area contributed by atoms with Gasteiger partial charge in [-0.25, -0.2) is 9.18 Å². The van der Waals surface area contributed by atoms with Gasteiger partial charge in [0.15, 0.2) is 5.82 Å². The smallest absolute Gasteiger partial charge is 0.337 e. The minimum Gasteiger partial charge on any atom is -0.478 e. The van der Waals surface area contributed by atoms with Gasteiger partial charge in [-0.05, 0) is 18.2 Å². The molecule has 0 unspecified atom stereocenters. The van der Waals surface area contributed by atoms with Crippen LogP contribution in [0.15, 0.2) is 36.5 Å². The molecule has 0 bridgehead atoms. The minimum absolute atomic E-state index is 0.00405. The van der Waals surface area contributed by atoms with Crippen LogP contribution in [0.2, 0.25) is 0 Å². The molecule has 0 saturated carbocycles. The lowest BCUT2D eigenvalue weighted by molar-refractivity contribution is -0.386. The molecule has 8 heteroatoms. The number of halogens is 1. The Balaban J connectivity index is 2.16. The molecule has 7 nitrogen and oxygen atoms in total. The van der Waals surface area contributed by atoms with Gasteiger partial charge in [0.05, 0.1) is 16.2 Å². The molecule has 0 fully saturated rings. The van der Waals surface area contributed by atoms with Crippen LogP contribution in [0.3, 0.4) is 0 Å². The van der Waals surface area contributed by atoms with E-state index in [-0.39, 0.29) is 12.2 Å². The Morgan fingerprint density at radius 2 is 2.14 bits per heavy atom. The number of benzene rings is 1. The van der Waals surface area contributed by atoms with Crippen LogP contribution in [0.4, 0.5) is 10.1 Å². The van der Waals surface area contributed by atoms with Gasteiger partial charge in [0.2, 0.25) is 5.75 Å². The van der Waals surface area contributed by atoms with E-state index in [9.17, 15) is 19.3 Å². The Morgan fingerprint density at radius 3 is 2.71 bits per heavy atom. The van der Waals surface area contributed by atoms with Crippen molar-refractivity contribution in [1.82, 2.24) is 4.98 Å². The average molecular weight is 292 g/mol. The van der Waals surface area contributed by atoms with Crippen molar-refractivity contribution >= 4 is 11.7 Å². The van der Waals surface area contributed by atoms with Crippen molar-refractivity contribution in [3.8, 4) is 5.75 Å². The molecule has 0 saturated heterocycles. The van der Waals surface area contributed by atoms with Crippen LogP contribution in [0.1, 0.15) is 16.1 Å². The number of para-hydroxylation sites is 1. The molecule has 0 aliphatic heterocycles. The van der Waals surface area contributed by atoms with Gasteiger partial charge in [0.25, 0.3) is 0 Å². The van der Waals surface area contributed by atoms with E-state index in [0.717, 1.165) is 18.3 Å². The first-order valence-electron chi connectivity index (χ1n) is 5.73. The fourth-order valence-corrected chi connectivity index (χ4v) is 1.57. The van der Waals surface area contributed by atoms with Crippen LogP contribution in [-0.4, -0.2) is 21.0 Å². The Morgan fingerprint density at radius 1 is 1.38 bits per heavy atom. The first-order valence-corrected chi connectivity index (χ1v) is 5.73. The summed E-state index contributed by atoms with van der Waals surface area (Å²) in [4.78, 5) is 24.5. The van der Waals surface area contributed by atoms with Crippen molar-refractivity contribution < 1.29 is 24.0 Å². The summed E-state index contributed by atoms with van der Waals surface area (Å²) in [5.74, 6) is -2.46. The summed E-state index contributed by atoms with van der Waals surface area (Å²) >= 11 is 0. The average Bonchev–Trinajstić information content (AvgIpc) is 2.46. The summed E-state index contributed by atoms with van der Waals surface area (Å²) in [6, 6.07) is 6.07. The van der Waals surface area contributed by atoms with Crippen LogP contribution >= 0.6 is 0 Å². The lowest BCUT2D eigenvalue weighted by atomic mass is 10.2. The summed E-state index contributed by atoms with van der Waals surface area (Å²) in [7, 11) is 0. The highest BCUT2D eigenvalue weighted by atomic mass is 19.1. The van der Waals surface area contributed by atoms with Gasteiger partial charge < -0.3 is 9.84 Å². The number of hydrogen-bond acceptors (Lipinski definition) is 5. The van der Waals surface area contributed by atoms with E-state index < -0.39 is 28.1 Å². The zero-order valence-corrected chi connectivity index (χ0v) is 10.5. The van der Waals surface area contributed by atoms with E-state index in [4.69, 9.17) is 9.84 Å². The maximum absolute atomic E-state index is 13.6. The lowest BCUT2D eigenvalue weighted by Gasteiger charge is -2.07. The number of rotatable bonds is 5. The molecule has 0 radical (unpaired) electrons. The highest BCUT2D eigenvalue weighted by molar-refractivity contribution is 5.87. The molecule has 0 amide bonds. The van der Waals surface area contributed by atoms with E-state index in [1.807, 2.05) is 0 Å². The van der Waals surface area contributed by atoms with Crippen LogP contribution < -0.4 is 4.74 Å². The minimum atomic E-state index is -1.13. The van der Waals surface area contributed by atoms with Crippen LogP contribution in [0.5, 0.6) is 5.75 Å². The molecule has 1 N–H and O–H groups in total. The number of pyridine rings is 1. The third-order valence-corrected chi connectivity index (χ3v) is 2.58. The number of nitro groups is 1. The zero-order chi connectivity index (χ0) is 15.4. The molecule has 2 rings (SSSR count). The van der Waals surface area contributed by atoms with Crippen LogP contribution in [0, 0.1) is 15.9 Å². The molecule has 0 spiro atoms. The molecular weight excluding hydrogens is 283 g/mol. The molecule has 1 heterocycles. The molecular formula is C13H9FN2O5. The quantitative estimate of drug-likeness (QED) is 0.670. The predicted molar refractivity (Wildman–Crippen MR) is 68.6 cm³/mol. The van der Waals surface area contributed by atoms with Gasteiger partial charge in [0, 0.05) is 12.3 Å². The van der Waals surface area contributed by atoms with Crippen molar-refractivity contribution in [1.29, 1.82) is 0 Å². The van der Waals surface area contributed by atoms with Crippen molar-refractivity contribution in [2.24, 2.45) is 0 Å². The van der Waals surface area contributed by atoms with Crippen molar-refractivity contribution in [3.05, 3.63) is 63.7 Å². The number of carbonyl (C=O) groups is 1. The second-order valence-corrected chi connectivity index (χ2v) is 3.98. The van der Waals surface area contributed by atoms with Crippen LogP contribution in [0.25, 0.3) is 0 Å². The third-order valence-electron chi connectivity index (χ3n) is 2.58. The van der Waals surface area contributed by atoms with Crippen molar-refractivity contribution in [2.45, 2.75) is 6.61 Å². The molecule has 1 aromatic carbocycles. The first-order chi connectivity index (χ1) is 9.99. The number of carboxylic acid groups (broad SMARTS) is 1. The van der Waals surface area contributed by atoms with E-state index in [1.165, 1.54) is 18.2 Å². The summed E-state index contributed by atoms with van der Waals surface area (Å²) in [6.07, 6.45) is 1.12. The fourth-order valence-electron chi connectivity index (χ4n) is 1.57. The SMILES string of the molecule is O=C(O)c1ccc(COc2c(F)cccc2[N+](=O)[O-])nc1. The number of nitrogens with zero attached hydrogens (tertiary/aromatic N) is 2. The second kappa shape index (κ2) is 5.95. The summed E-state index contributed by atoms with van der Waals surface area (Å²) < 4.78 is 18.6. The number of aromatic nitrogens is 1. The van der Waals surface area contributed by atoms with E-state index in [0.29, 0.717) is 5.69 Å². The van der Waals surface area contributed by atoms with Gasteiger partial charge in [-0.2, -0.15) is 0 Å². The first kappa shape index (κ1) is 14.4. The zero-order valence-electron chi connectivity index (χ0n) is 10.5. The van der Waals surface area contributed by atoms with E-state index >= 15 is 0 Å². The maximum atomic E-state index is 13.6. The molecule has 0 atom stereocenters. The highest BCUT2D eigenvalue weighted by Gasteiger charge is 2.19. The molecule has 1 aromatic heterocycles. The molecule has 2 aromatic rings. The summed E-state index contributed by atoms with van der Waals surface area (Å²) in [5.41, 5.74) is -0.176. The summed E-state index contributed by atoms with van der Waals surface area (Å²) in [6.45, 7) is -0.221. The van der Waals surface area contributed by atoms with E-state index in [1.54, 1.807) is 0 Å². The standard InChI is InChI=1S/C13H9FN2O5/c14-10-2-1-3-11(16(19)20)12(10)21-7-9-5-4-8(6-15-9)13(17)18/h1-6H,7H2,(H,17,18). The normalized spacial score (nSPS) is 10.1. The van der Waals surface area contributed by atoms with Gasteiger partial charge in [-0.3, -0.25) is 15.1 Å². The number of ether oxygens (including phenoxy) is 1. The monoisotopic (exact) mass is 292 g/mol. The Kier molecular flexibility index (Phi) is 4.07. The third kappa shape index (κ3) is 3.30. The van der Waals surface area contributed by atoms with Gasteiger partial charge in [0.1, 0.15) is 6.61 Å². The number of aromatic carboxylic acids is 1. The van der Waals surface area contributed by atoms with Gasteiger partial charge >= 0.3 is 11.7 Å². The van der Waals surface area contributed by atoms with E-state index in [2.05, 4.69) is 4.98 Å². The fraction of sp³-hybridized carbons (Fsp3) is 0.0769. The number of nitro benzene ring substituents is 1. The van der Waals surface area contributed by atoms with Crippen molar-refractivity contribution in [3.63, 3.8) is 0 Å². The molecule has 0 aliphatic rings. The predicted octanol–water partition coefficient (Wildman–Crippen LogP) is 2.41. The maximum Gasteiger partial charge on any atom is 0.337 e. The number of carboxylic acids is 1. The molecule has 21 heavy (non-hydrogen) atoms. The Labute approximate surface area is 117 Å². The Hall–Kier alpha value is -3.03. The second-order valence-electron chi connectivity index (χ2n) is 3.98. The summed E-state index contributed by atoms with van der Waals surface area (Å²) in [5, 5.41) is 19.5. The highest BCUT2D eigenvalue weighted by Crippen LogP contribution is 2.30. The molecule has 108 valence electrons. The largest absolute Gasteiger partial charge is 0.478 e. The van der Waals surface area contributed by atoms with Gasteiger partial charge in [-0.1, -0.05) is 6.07 Å². The topological polar surface area (TPSA) is 103 Å². The Bertz CT molecular complexity index is 687. The lowest BCUT2D eigenvalue weighted by Crippen LogP contribution is -2.04. The number of hydrogen-bond donors (Lipinski definition) is 1. The van der Waals surface area contributed by atoms with Crippen LogP contribution in [-0.2, 0) is 6.61 Å². The van der Waals surface area contributed by atoms with Crippen molar-refractivity contribution in [2.75, 3.05) is 0 Å².